The zero-order chi connectivity index (χ0) is 13.7. The molecule has 4 heteroatoms. The molecule has 0 spiro atoms. The van der Waals surface area contributed by atoms with Crippen LogP contribution in [0.2, 0.25) is 0 Å². The van der Waals surface area contributed by atoms with E-state index in [-0.39, 0.29) is 5.91 Å². The van der Waals surface area contributed by atoms with E-state index in [4.69, 9.17) is 0 Å². The first kappa shape index (κ1) is 13.9. The van der Waals surface area contributed by atoms with Crippen molar-refractivity contribution >= 4 is 11.6 Å². The predicted molar refractivity (Wildman–Crippen MR) is 76.0 cm³/mol. The molecule has 19 heavy (non-hydrogen) atoms. The van der Waals surface area contributed by atoms with Gasteiger partial charge in [0, 0.05) is 25.3 Å². The van der Waals surface area contributed by atoms with E-state index >= 15 is 0 Å². The molecule has 1 aliphatic heterocycles. The minimum absolute atomic E-state index is 0.326. The van der Waals surface area contributed by atoms with Crippen LogP contribution >= 0.6 is 0 Å². The summed E-state index contributed by atoms with van der Waals surface area (Å²) in [5.74, 6) is -0.326. The Labute approximate surface area is 114 Å². The standard InChI is InChI=1S/C15H22N2O2/c1-12(18)15(19)16-11-13-7-3-4-8-14(13)17-9-5-2-6-10-17/h3-4,7-8,12,18H,2,5-6,9-11H2,1H3,(H,16,19)/t12-/m1/s1. The third kappa shape index (κ3) is 3.70. The van der Waals surface area contributed by atoms with Crippen LogP contribution in [0, 0.1) is 0 Å². The largest absolute Gasteiger partial charge is 0.384 e. The van der Waals surface area contributed by atoms with Crippen molar-refractivity contribution in [3.8, 4) is 0 Å². The second-order valence-electron chi connectivity index (χ2n) is 5.07. The van der Waals surface area contributed by atoms with Crippen molar-refractivity contribution in [1.82, 2.24) is 5.32 Å². The van der Waals surface area contributed by atoms with E-state index in [0.29, 0.717) is 6.54 Å². The third-order valence-electron chi connectivity index (χ3n) is 3.52. The number of nitrogens with zero attached hydrogens (tertiary/aromatic N) is 1. The zero-order valence-corrected chi connectivity index (χ0v) is 11.4. The second kappa shape index (κ2) is 6.57. The van der Waals surface area contributed by atoms with Gasteiger partial charge in [-0.05, 0) is 37.8 Å². The molecule has 1 saturated heterocycles. The Balaban J connectivity index is 2.05. The molecule has 1 heterocycles. The molecule has 0 saturated carbocycles. The number of amides is 1. The highest BCUT2D eigenvalue weighted by atomic mass is 16.3. The summed E-state index contributed by atoms with van der Waals surface area (Å²) in [5, 5.41) is 12.0. The molecule has 1 amide bonds. The first-order valence-corrected chi connectivity index (χ1v) is 6.97. The summed E-state index contributed by atoms with van der Waals surface area (Å²) in [6.45, 7) is 4.12. The molecule has 1 fully saturated rings. The summed E-state index contributed by atoms with van der Waals surface area (Å²) in [4.78, 5) is 13.8. The number of aliphatic hydroxyl groups is 1. The van der Waals surface area contributed by atoms with Crippen LogP contribution in [0.5, 0.6) is 0 Å². The third-order valence-corrected chi connectivity index (χ3v) is 3.52. The van der Waals surface area contributed by atoms with Crippen LogP contribution < -0.4 is 10.2 Å². The van der Waals surface area contributed by atoms with Gasteiger partial charge in [0.15, 0.2) is 0 Å². The number of nitrogens with one attached hydrogen (secondary N) is 1. The molecule has 0 radical (unpaired) electrons. The van der Waals surface area contributed by atoms with E-state index in [0.717, 1.165) is 18.7 Å². The summed E-state index contributed by atoms with van der Waals surface area (Å²) < 4.78 is 0. The highest BCUT2D eigenvalue weighted by Crippen LogP contribution is 2.23. The van der Waals surface area contributed by atoms with Gasteiger partial charge in [-0.1, -0.05) is 18.2 Å². The van der Waals surface area contributed by atoms with Gasteiger partial charge in [0.1, 0.15) is 6.10 Å². The number of carbonyl (C=O) groups is 1. The fourth-order valence-corrected chi connectivity index (χ4v) is 2.43. The summed E-state index contributed by atoms with van der Waals surface area (Å²) >= 11 is 0. The molecule has 104 valence electrons. The average Bonchev–Trinajstić information content (AvgIpc) is 2.46. The molecule has 1 atom stereocenters. The van der Waals surface area contributed by atoms with Gasteiger partial charge < -0.3 is 15.3 Å². The molecule has 0 aromatic heterocycles. The van der Waals surface area contributed by atoms with Crippen LogP contribution in [0.4, 0.5) is 5.69 Å². The topological polar surface area (TPSA) is 52.6 Å². The Hall–Kier alpha value is -1.55. The average molecular weight is 262 g/mol. The first-order chi connectivity index (χ1) is 9.18. The minimum atomic E-state index is -0.956. The van der Waals surface area contributed by atoms with E-state index in [9.17, 15) is 9.90 Å². The fourth-order valence-electron chi connectivity index (χ4n) is 2.43. The number of piperidine rings is 1. The lowest BCUT2D eigenvalue weighted by Gasteiger charge is -2.30. The lowest BCUT2D eigenvalue weighted by Crippen LogP contribution is -2.34. The Bertz CT molecular complexity index is 426. The maximum Gasteiger partial charge on any atom is 0.248 e. The number of hydrogen-bond acceptors (Lipinski definition) is 3. The van der Waals surface area contributed by atoms with Gasteiger partial charge in [-0.3, -0.25) is 4.79 Å². The van der Waals surface area contributed by atoms with Crippen LogP contribution in [-0.4, -0.2) is 30.2 Å². The lowest BCUT2D eigenvalue weighted by molar-refractivity contribution is -0.128. The molecule has 1 aliphatic rings. The number of hydrogen-bond donors (Lipinski definition) is 2. The van der Waals surface area contributed by atoms with Crippen LogP contribution in [0.25, 0.3) is 0 Å². The summed E-state index contributed by atoms with van der Waals surface area (Å²) in [7, 11) is 0. The number of anilines is 1. The van der Waals surface area contributed by atoms with Gasteiger partial charge in [0.2, 0.25) is 5.91 Å². The van der Waals surface area contributed by atoms with Crippen LogP contribution in [0.15, 0.2) is 24.3 Å². The number of benzene rings is 1. The molecule has 2 N–H and O–H groups in total. The van der Waals surface area contributed by atoms with Gasteiger partial charge in [0.05, 0.1) is 0 Å². The van der Waals surface area contributed by atoms with E-state index in [2.05, 4.69) is 16.3 Å². The van der Waals surface area contributed by atoms with Crippen molar-refractivity contribution in [2.24, 2.45) is 0 Å². The normalized spacial score (nSPS) is 17.1. The zero-order valence-electron chi connectivity index (χ0n) is 11.4. The molecule has 0 bridgehead atoms. The van der Waals surface area contributed by atoms with Crippen molar-refractivity contribution in [3.05, 3.63) is 29.8 Å². The van der Waals surface area contributed by atoms with Crippen LogP contribution in [0.1, 0.15) is 31.7 Å². The maximum atomic E-state index is 11.4. The number of carbonyl (C=O) groups excluding carboxylic acids is 1. The number of rotatable bonds is 4. The summed E-state index contributed by atoms with van der Waals surface area (Å²) in [5.41, 5.74) is 2.31. The molecular weight excluding hydrogens is 240 g/mol. The van der Waals surface area contributed by atoms with E-state index in [1.165, 1.54) is 31.9 Å². The van der Waals surface area contributed by atoms with E-state index in [1.54, 1.807) is 0 Å². The Morgan fingerprint density at radius 1 is 1.32 bits per heavy atom. The Morgan fingerprint density at radius 3 is 2.68 bits per heavy atom. The second-order valence-corrected chi connectivity index (χ2v) is 5.07. The lowest BCUT2D eigenvalue weighted by atomic mass is 10.1. The SMILES string of the molecule is C[C@@H](O)C(=O)NCc1ccccc1N1CCCCC1. The number of aliphatic hydroxyl groups excluding tert-OH is 1. The van der Waals surface area contributed by atoms with Crippen molar-refractivity contribution in [3.63, 3.8) is 0 Å². The quantitative estimate of drug-likeness (QED) is 0.868. The summed E-state index contributed by atoms with van der Waals surface area (Å²) in [6.07, 6.45) is 2.81. The van der Waals surface area contributed by atoms with Gasteiger partial charge in [-0.25, -0.2) is 0 Å². The smallest absolute Gasteiger partial charge is 0.248 e. The molecule has 0 unspecified atom stereocenters. The van der Waals surface area contributed by atoms with Gasteiger partial charge in [0.25, 0.3) is 0 Å². The van der Waals surface area contributed by atoms with Crippen molar-refractivity contribution in [2.75, 3.05) is 18.0 Å². The Kier molecular flexibility index (Phi) is 4.80. The molecule has 1 aromatic carbocycles. The molecule has 2 rings (SSSR count). The first-order valence-electron chi connectivity index (χ1n) is 6.97. The highest BCUT2D eigenvalue weighted by Gasteiger charge is 2.15. The van der Waals surface area contributed by atoms with E-state index < -0.39 is 6.10 Å². The molecule has 1 aromatic rings. The maximum absolute atomic E-state index is 11.4. The van der Waals surface area contributed by atoms with Gasteiger partial charge in [-0.2, -0.15) is 0 Å². The van der Waals surface area contributed by atoms with E-state index in [1.807, 2.05) is 18.2 Å². The van der Waals surface area contributed by atoms with Gasteiger partial charge in [-0.15, -0.1) is 0 Å². The van der Waals surface area contributed by atoms with Gasteiger partial charge >= 0.3 is 0 Å². The predicted octanol–water partition coefficient (Wildman–Crippen LogP) is 1.67. The monoisotopic (exact) mass is 262 g/mol. The summed E-state index contributed by atoms with van der Waals surface area (Å²) in [6, 6.07) is 8.16. The Morgan fingerprint density at radius 2 is 2.00 bits per heavy atom. The van der Waals surface area contributed by atoms with Crippen LogP contribution in [0.3, 0.4) is 0 Å². The van der Waals surface area contributed by atoms with Crippen molar-refractivity contribution in [1.29, 1.82) is 0 Å². The molecule has 0 aliphatic carbocycles. The number of para-hydroxylation sites is 1. The van der Waals surface area contributed by atoms with Crippen molar-refractivity contribution < 1.29 is 9.90 Å². The minimum Gasteiger partial charge on any atom is -0.384 e. The molecular formula is C15H22N2O2. The fraction of sp³-hybridized carbons (Fsp3) is 0.533. The highest BCUT2D eigenvalue weighted by molar-refractivity contribution is 5.80. The molecule has 4 nitrogen and oxygen atoms in total. The van der Waals surface area contributed by atoms with Crippen molar-refractivity contribution in [2.45, 2.75) is 38.8 Å². The van der Waals surface area contributed by atoms with Crippen LogP contribution in [-0.2, 0) is 11.3 Å².